The minimum absolute atomic E-state index is 0.210. The minimum Gasteiger partial charge on any atom is -0.492 e. The van der Waals surface area contributed by atoms with Crippen LogP contribution in [0.1, 0.15) is 23.7 Å². The third-order valence-electron chi connectivity index (χ3n) is 2.74. The van der Waals surface area contributed by atoms with Gasteiger partial charge in [0, 0.05) is 13.2 Å². The zero-order valence-electron chi connectivity index (χ0n) is 11.1. The molecule has 0 heterocycles. The Morgan fingerprint density at radius 1 is 1.47 bits per heavy atom. The normalized spacial score (nSPS) is 12.1. The first kappa shape index (κ1) is 15.5. The van der Waals surface area contributed by atoms with Crippen LogP contribution < -0.4 is 10.1 Å². The Labute approximate surface area is 113 Å². The lowest BCUT2D eigenvalue weighted by atomic mass is 10.1. The summed E-state index contributed by atoms with van der Waals surface area (Å²) in [5, 5.41) is 20.8. The predicted molar refractivity (Wildman–Crippen MR) is 72.6 cm³/mol. The van der Waals surface area contributed by atoms with Crippen molar-refractivity contribution in [2.75, 3.05) is 26.3 Å². The summed E-state index contributed by atoms with van der Waals surface area (Å²) in [5.41, 5.74) is 0.224. The van der Waals surface area contributed by atoms with Gasteiger partial charge in [0.1, 0.15) is 12.4 Å². The van der Waals surface area contributed by atoms with Gasteiger partial charge in [-0.2, -0.15) is 0 Å². The molecule has 1 unspecified atom stereocenters. The van der Waals surface area contributed by atoms with Gasteiger partial charge in [0.2, 0.25) is 0 Å². The molecule has 0 amide bonds. The summed E-state index contributed by atoms with van der Waals surface area (Å²) in [6, 6.07) is 6.44. The Hall–Kier alpha value is -1.59. The van der Waals surface area contributed by atoms with Crippen LogP contribution in [0.5, 0.6) is 5.75 Å². The fraction of sp³-hybridized carbons (Fsp3) is 0.500. The van der Waals surface area contributed by atoms with Crippen LogP contribution in [0.25, 0.3) is 0 Å². The van der Waals surface area contributed by atoms with E-state index in [-0.39, 0.29) is 12.2 Å². The zero-order chi connectivity index (χ0) is 14.1. The molecule has 0 spiro atoms. The molecule has 19 heavy (non-hydrogen) atoms. The second-order valence-corrected chi connectivity index (χ2v) is 4.50. The van der Waals surface area contributed by atoms with Gasteiger partial charge in [-0.1, -0.05) is 13.0 Å². The summed E-state index contributed by atoms with van der Waals surface area (Å²) in [4.78, 5) is 10.8. The van der Waals surface area contributed by atoms with Gasteiger partial charge in [0.15, 0.2) is 0 Å². The Morgan fingerprint density at radius 2 is 2.26 bits per heavy atom. The highest BCUT2D eigenvalue weighted by Crippen LogP contribution is 2.12. The van der Waals surface area contributed by atoms with Crippen LogP contribution in [-0.4, -0.2) is 42.5 Å². The molecule has 0 aliphatic heterocycles. The molecule has 0 saturated heterocycles. The van der Waals surface area contributed by atoms with Crippen molar-refractivity contribution < 1.29 is 19.7 Å². The van der Waals surface area contributed by atoms with Crippen molar-refractivity contribution in [3.8, 4) is 5.75 Å². The number of hydrogen-bond donors (Lipinski definition) is 3. The monoisotopic (exact) mass is 267 g/mol. The van der Waals surface area contributed by atoms with Crippen LogP contribution >= 0.6 is 0 Å². The molecule has 3 N–H and O–H groups in total. The SMILES string of the molecule is CC(CCO)CNCCOc1cccc(C(=O)O)c1. The summed E-state index contributed by atoms with van der Waals surface area (Å²) < 4.78 is 5.46. The first-order valence-corrected chi connectivity index (χ1v) is 6.41. The maximum atomic E-state index is 10.8. The fourth-order valence-corrected chi connectivity index (χ4v) is 1.63. The average molecular weight is 267 g/mol. The number of rotatable bonds is 9. The highest BCUT2D eigenvalue weighted by atomic mass is 16.5. The van der Waals surface area contributed by atoms with Crippen molar-refractivity contribution in [3.63, 3.8) is 0 Å². The molecule has 1 aromatic rings. The van der Waals surface area contributed by atoms with Gasteiger partial charge in [-0.25, -0.2) is 4.79 Å². The van der Waals surface area contributed by atoms with Gasteiger partial charge in [-0.3, -0.25) is 0 Å². The Bertz CT molecular complexity index is 395. The number of carboxylic acids is 1. The standard InChI is InChI=1S/C14H21NO4/c1-11(5-7-16)10-15-6-8-19-13-4-2-3-12(9-13)14(17)18/h2-4,9,11,15-16H,5-8,10H2,1H3,(H,17,18). The first-order chi connectivity index (χ1) is 9.13. The molecule has 5 nitrogen and oxygen atoms in total. The van der Waals surface area contributed by atoms with E-state index in [0.29, 0.717) is 24.8 Å². The molecule has 0 aliphatic rings. The summed E-state index contributed by atoms with van der Waals surface area (Å²) in [6.07, 6.45) is 0.786. The number of nitrogens with one attached hydrogen (secondary N) is 1. The van der Waals surface area contributed by atoms with Gasteiger partial charge < -0.3 is 20.3 Å². The summed E-state index contributed by atoms with van der Waals surface area (Å²) >= 11 is 0. The molecule has 0 saturated carbocycles. The van der Waals surface area contributed by atoms with Crippen molar-refractivity contribution in [1.29, 1.82) is 0 Å². The number of aliphatic hydroxyl groups excluding tert-OH is 1. The number of benzene rings is 1. The topological polar surface area (TPSA) is 78.8 Å². The van der Waals surface area contributed by atoms with Crippen LogP contribution in [0, 0.1) is 5.92 Å². The van der Waals surface area contributed by atoms with E-state index in [1.807, 2.05) is 0 Å². The highest BCUT2D eigenvalue weighted by molar-refractivity contribution is 5.87. The molecule has 1 rings (SSSR count). The van der Waals surface area contributed by atoms with Gasteiger partial charge in [0.25, 0.3) is 0 Å². The lowest BCUT2D eigenvalue weighted by Crippen LogP contribution is -2.26. The van der Waals surface area contributed by atoms with Gasteiger partial charge in [-0.05, 0) is 37.1 Å². The van der Waals surface area contributed by atoms with E-state index in [1.54, 1.807) is 12.1 Å². The molecular formula is C14H21NO4. The first-order valence-electron chi connectivity index (χ1n) is 6.41. The van der Waals surface area contributed by atoms with E-state index in [1.165, 1.54) is 12.1 Å². The number of hydrogen-bond acceptors (Lipinski definition) is 4. The third kappa shape index (κ3) is 6.22. The molecule has 0 aromatic heterocycles. The Kier molecular flexibility index (Phi) is 6.92. The molecular weight excluding hydrogens is 246 g/mol. The molecule has 0 bridgehead atoms. The summed E-state index contributed by atoms with van der Waals surface area (Å²) in [6.45, 7) is 4.28. The molecule has 1 atom stereocenters. The van der Waals surface area contributed by atoms with Crippen LogP contribution in [0.2, 0.25) is 0 Å². The van der Waals surface area contributed by atoms with Crippen molar-refractivity contribution in [1.82, 2.24) is 5.32 Å². The lowest BCUT2D eigenvalue weighted by Gasteiger charge is -2.11. The Balaban J connectivity index is 2.22. The number of carboxylic acid groups (broad SMARTS) is 1. The largest absolute Gasteiger partial charge is 0.492 e. The number of aromatic carboxylic acids is 1. The van der Waals surface area contributed by atoms with Crippen molar-refractivity contribution in [2.24, 2.45) is 5.92 Å². The highest BCUT2D eigenvalue weighted by Gasteiger charge is 2.04. The molecule has 106 valence electrons. The van der Waals surface area contributed by atoms with Crippen LogP contribution in [0.15, 0.2) is 24.3 Å². The summed E-state index contributed by atoms with van der Waals surface area (Å²) in [5.74, 6) is 0.0341. The van der Waals surface area contributed by atoms with Crippen molar-refractivity contribution in [2.45, 2.75) is 13.3 Å². The number of carbonyl (C=O) groups is 1. The lowest BCUT2D eigenvalue weighted by molar-refractivity contribution is 0.0696. The minimum atomic E-state index is -0.957. The van der Waals surface area contributed by atoms with Crippen molar-refractivity contribution >= 4 is 5.97 Å². The maximum absolute atomic E-state index is 10.8. The molecule has 0 radical (unpaired) electrons. The summed E-state index contributed by atoms with van der Waals surface area (Å²) in [7, 11) is 0. The van der Waals surface area contributed by atoms with E-state index >= 15 is 0 Å². The molecule has 0 aliphatic carbocycles. The van der Waals surface area contributed by atoms with E-state index in [4.69, 9.17) is 14.9 Å². The number of aliphatic hydroxyl groups is 1. The van der Waals surface area contributed by atoms with Crippen LogP contribution in [0.3, 0.4) is 0 Å². The fourth-order valence-electron chi connectivity index (χ4n) is 1.63. The Morgan fingerprint density at radius 3 is 2.95 bits per heavy atom. The van der Waals surface area contributed by atoms with Gasteiger partial charge in [0.05, 0.1) is 5.56 Å². The van der Waals surface area contributed by atoms with Crippen LogP contribution in [-0.2, 0) is 0 Å². The van der Waals surface area contributed by atoms with E-state index < -0.39 is 5.97 Å². The predicted octanol–water partition coefficient (Wildman–Crippen LogP) is 1.37. The van der Waals surface area contributed by atoms with Crippen LogP contribution in [0.4, 0.5) is 0 Å². The van der Waals surface area contributed by atoms with E-state index in [2.05, 4.69) is 12.2 Å². The molecule has 5 heteroatoms. The quantitative estimate of drug-likeness (QED) is 0.589. The second-order valence-electron chi connectivity index (χ2n) is 4.50. The maximum Gasteiger partial charge on any atom is 0.335 e. The van der Waals surface area contributed by atoms with E-state index in [0.717, 1.165) is 13.0 Å². The molecule has 1 aromatic carbocycles. The van der Waals surface area contributed by atoms with Crippen molar-refractivity contribution in [3.05, 3.63) is 29.8 Å². The van der Waals surface area contributed by atoms with Gasteiger partial charge >= 0.3 is 5.97 Å². The molecule has 0 fully saturated rings. The smallest absolute Gasteiger partial charge is 0.335 e. The van der Waals surface area contributed by atoms with E-state index in [9.17, 15) is 4.79 Å². The zero-order valence-corrected chi connectivity index (χ0v) is 11.1. The average Bonchev–Trinajstić information content (AvgIpc) is 2.39. The third-order valence-corrected chi connectivity index (χ3v) is 2.74. The second kappa shape index (κ2) is 8.50. The number of ether oxygens (including phenoxy) is 1. The van der Waals surface area contributed by atoms with Gasteiger partial charge in [-0.15, -0.1) is 0 Å².